The third-order valence-electron chi connectivity index (χ3n) is 4.77. The first-order valence-corrected chi connectivity index (χ1v) is 11.7. The second-order valence-electron chi connectivity index (χ2n) is 7.66. The summed E-state index contributed by atoms with van der Waals surface area (Å²) < 4.78 is 42.8. The van der Waals surface area contributed by atoms with Gasteiger partial charge in [0.1, 0.15) is 17.1 Å². The van der Waals surface area contributed by atoms with Crippen molar-refractivity contribution < 1.29 is 17.9 Å². The molecule has 3 nitrogen and oxygen atoms in total. The highest BCUT2D eigenvalue weighted by molar-refractivity contribution is 7.99. The van der Waals surface area contributed by atoms with Gasteiger partial charge in [-0.1, -0.05) is 67.4 Å². The fraction of sp³-hybridized carbons (Fsp3) is 0.208. The van der Waals surface area contributed by atoms with E-state index in [0.29, 0.717) is 28.5 Å². The third-order valence-corrected chi connectivity index (χ3v) is 6.45. The van der Waals surface area contributed by atoms with Crippen molar-refractivity contribution in [2.24, 2.45) is 0 Å². The fourth-order valence-corrected chi connectivity index (χ4v) is 5.04. The van der Waals surface area contributed by atoms with Crippen molar-refractivity contribution >= 4 is 46.0 Å². The number of imidazole rings is 1. The minimum Gasteiger partial charge on any atom is -0.405 e. The van der Waals surface area contributed by atoms with E-state index in [1.54, 1.807) is 23.9 Å². The second kappa shape index (κ2) is 9.49. The maximum atomic E-state index is 12.9. The van der Waals surface area contributed by atoms with Crippen LogP contribution in [0.4, 0.5) is 13.2 Å². The van der Waals surface area contributed by atoms with Crippen LogP contribution < -0.4 is 4.74 Å². The van der Waals surface area contributed by atoms with E-state index < -0.39 is 6.36 Å². The average Bonchev–Trinajstić information content (AvgIpc) is 3.12. The van der Waals surface area contributed by atoms with Gasteiger partial charge in [0.05, 0.1) is 15.6 Å². The molecule has 0 aliphatic rings. The van der Waals surface area contributed by atoms with E-state index in [0.717, 1.165) is 5.56 Å². The maximum absolute atomic E-state index is 12.9. The van der Waals surface area contributed by atoms with Crippen LogP contribution in [0.15, 0.2) is 59.5 Å². The molecule has 33 heavy (non-hydrogen) atoms. The summed E-state index contributed by atoms with van der Waals surface area (Å²) in [4.78, 5) is 9.00. The molecule has 0 aliphatic carbocycles. The van der Waals surface area contributed by atoms with E-state index in [1.807, 2.05) is 12.1 Å². The summed E-state index contributed by atoms with van der Waals surface area (Å²) in [5, 5.41) is 0.844. The Labute approximate surface area is 203 Å². The quantitative estimate of drug-likeness (QED) is 0.264. The highest BCUT2D eigenvalue weighted by atomic mass is 35.5. The Bertz CT molecular complexity index is 1290. The van der Waals surface area contributed by atoms with Gasteiger partial charge in [-0.15, -0.1) is 24.9 Å². The summed E-state index contributed by atoms with van der Waals surface area (Å²) in [5.41, 5.74) is 2.46. The molecule has 0 fully saturated rings. The van der Waals surface area contributed by atoms with Gasteiger partial charge in [-0.2, -0.15) is 0 Å². The lowest BCUT2D eigenvalue weighted by Gasteiger charge is -2.15. The summed E-state index contributed by atoms with van der Waals surface area (Å²) >= 11 is 14.8. The zero-order chi connectivity index (χ0) is 23.8. The minimum atomic E-state index is -4.85. The molecule has 0 atom stereocenters. The predicted molar refractivity (Wildman–Crippen MR) is 128 cm³/mol. The van der Waals surface area contributed by atoms with E-state index in [4.69, 9.17) is 23.2 Å². The number of nitrogens with one attached hydrogen (secondary N) is 1. The van der Waals surface area contributed by atoms with Gasteiger partial charge in [0.25, 0.3) is 0 Å². The summed E-state index contributed by atoms with van der Waals surface area (Å²) in [7, 11) is 0. The molecule has 1 N–H and O–H groups in total. The highest BCUT2D eigenvalue weighted by Gasteiger charge is 2.33. The molecule has 1 heterocycles. The fourth-order valence-electron chi connectivity index (χ4n) is 3.50. The Hall–Kier alpha value is -2.35. The number of hydrogen-bond acceptors (Lipinski definition) is 3. The van der Waals surface area contributed by atoms with Crippen LogP contribution in [0.2, 0.25) is 10.0 Å². The number of halogens is 5. The smallest absolute Gasteiger partial charge is 0.405 e. The second-order valence-corrected chi connectivity index (χ2v) is 10.1. The molecule has 4 rings (SSSR count). The van der Waals surface area contributed by atoms with E-state index in [2.05, 4.69) is 40.7 Å². The minimum absolute atomic E-state index is 0.134. The molecule has 0 saturated carbocycles. The van der Waals surface area contributed by atoms with Gasteiger partial charge in [-0.05, 0) is 29.8 Å². The predicted octanol–water partition coefficient (Wildman–Crippen LogP) is 8.53. The van der Waals surface area contributed by atoms with Crippen molar-refractivity contribution in [1.82, 2.24) is 9.97 Å². The average molecular weight is 511 g/mol. The molecule has 0 amide bonds. The number of para-hydroxylation sites is 1. The van der Waals surface area contributed by atoms with Crippen molar-refractivity contribution in [2.45, 2.75) is 36.8 Å². The number of thioether (sulfide) groups is 1. The first kappa shape index (κ1) is 23.8. The molecule has 0 saturated heterocycles. The van der Waals surface area contributed by atoms with E-state index in [1.165, 1.54) is 23.1 Å². The Morgan fingerprint density at radius 1 is 1.06 bits per heavy atom. The number of ether oxygens (including phenoxy) is 1. The first-order valence-electron chi connectivity index (χ1n) is 10.1. The number of aromatic amines is 1. The van der Waals surface area contributed by atoms with Gasteiger partial charge >= 0.3 is 6.36 Å². The third kappa shape index (κ3) is 5.60. The number of hydrogen-bond donors (Lipinski definition) is 1. The van der Waals surface area contributed by atoms with E-state index in [-0.39, 0.29) is 26.9 Å². The summed E-state index contributed by atoms with van der Waals surface area (Å²) in [6, 6.07) is 15.6. The molecule has 1 aromatic heterocycles. The zero-order valence-corrected chi connectivity index (χ0v) is 20.0. The van der Waals surface area contributed by atoms with Crippen molar-refractivity contribution in [1.29, 1.82) is 0 Å². The lowest BCUT2D eigenvalue weighted by molar-refractivity contribution is -0.274. The monoisotopic (exact) mass is 510 g/mol. The summed E-state index contributed by atoms with van der Waals surface area (Å²) in [6.45, 7) is 4.29. The molecule has 0 unspecified atom stereocenters. The van der Waals surface area contributed by atoms with Crippen LogP contribution in [0, 0.1) is 0 Å². The van der Waals surface area contributed by atoms with E-state index >= 15 is 0 Å². The number of benzene rings is 3. The number of fused-ring (bicyclic) bond motifs is 1. The lowest BCUT2D eigenvalue weighted by Crippen LogP contribution is -2.17. The molecular weight excluding hydrogens is 492 g/mol. The first-order chi connectivity index (χ1) is 15.6. The van der Waals surface area contributed by atoms with Crippen LogP contribution in [-0.4, -0.2) is 21.6 Å². The standard InChI is InChI=1S/C24H19Cl2F3N2OS/c1-13(2)33-15-9-7-14(8-10-15)11-20-30-18-12-17(25)21(22(26)23(18)31-20)16-5-3-4-6-19(16)32-24(27,28)29/h3-10,12-13H,11H2,1-2H3,(H,30,31). The molecule has 9 heteroatoms. The van der Waals surface area contributed by atoms with E-state index in [9.17, 15) is 13.2 Å². The van der Waals surface area contributed by atoms with Gasteiger partial charge in [0.15, 0.2) is 0 Å². The van der Waals surface area contributed by atoms with Crippen molar-refractivity contribution in [3.8, 4) is 16.9 Å². The van der Waals surface area contributed by atoms with Crippen LogP contribution in [0.25, 0.3) is 22.2 Å². The molecule has 0 spiro atoms. The van der Waals surface area contributed by atoms with Gasteiger partial charge < -0.3 is 9.72 Å². The largest absolute Gasteiger partial charge is 0.573 e. The number of aromatic nitrogens is 2. The molecule has 0 bridgehead atoms. The normalized spacial score (nSPS) is 12.0. The zero-order valence-electron chi connectivity index (χ0n) is 17.6. The number of nitrogens with zero attached hydrogens (tertiary/aromatic N) is 1. The Morgan fingerprint density at radius 2 is 1.76 bits per heavy atom. The van der Waals surface area contributed by atoms with Crippen molar-refractivity contribution in [3.05, 3.63) is 76.0 Å². The van der Waals surface area contributed by atoms with Crippen LogP contribution in [-0.2, 0) is 6.42 Å². The van der Waals surface area contributed by atoms with Crippen LogP contribution in [0.3, 0.4) is 0 Å². The van der Waals surface area contributed by atoms with Crippen LogP contribution in [0.5, 0.6) is 5.75 Å². The molecule has 172 valence electrons. The van der Waals surface area contributed by atoms with Crippen LogP contribution in [0.1, 0.15) is 25.2 Å². The molecule has 4 aromatic rings. The summed E-state index contributed by atoms with van der Waals surface area (Å²) in [5.74, 6) is 0.285. The van der Waals surface area contributed by atoms with Gasteiger partial charge in [-0.25, -0.2) is 4.98 Å². The van der Waals surface area contributed by atoms with Crippen molar-refractivity contribution in [2.75, 3.05) is 0 Å². The van der Waals surface area contributed by atoms with Gasteiger partial charge in [0.2, 0.25) is 0 Å². The molecular formula is C24H19Cl2F3N2OS. The topological polar surface area (TPSA) is 37.9 Å². The SMILES string of the molecule is CC(C)Sc1ccc(Cc2nc3c(Cl)c(-c4ccccc4OC(F)(F)F)c(Cl)cc3[nH]2)cc1. The number of rotatable bonds is 6. The van der Waals surface area contributed by atoms with Crippen molar-refractivity contribution in [3.63, 3.8) is 0 Å². The Kier molecular flexibility index (Phi) is 6.84. The number of H-pyrrole nitrogens is 1. The van der Waals surface area contributed by atoms with Gasteiger partial charge in [-0.3, -0.25) is 0 Å². The number of alkyl halides is 3. The van der Waals surface area contributed by atoms with Crippen LogP contribution >= 0.6 is 35.0 Å². The molecule has 3 aromatic carbocycles. The lowest BCUT2D eigenvalue weighted by atomic mass is 10.0. The highest BCUT2D eigenvalue weighted by Crippen LogP contribution is 2.44. The Morgan fingerprint density at radius 3 is 2.42 bits per heavy atom. The summed E-state index contributed by atoms with van der Waals surface area (Å²) in [6.07, 6.45) is -4.31. The van der Waals surface area contributed by atoms with Gasteiger partial charge in [0, 0.05) is 27.7 Å². The maximum Gasteiger partial charge on any atom is 0.573 e. The molecule has 0 aliphatic heterocycles. The Balaban J connectivity index is 1.69. The molecule has 0 radical (unpaired) electrons.